The average molecular weight is 374 g/mol. The third kappa shape index (κ3) is 4.80. The number of hydrogen-bond acceptors (Lipinski definition) is 5. The maximum Gasteiger partial charge on any atom is 0.248 e. The Hall–Kier alpha value is -1.41. The molecule has 134 valence electrons. The van der Waals surface area contributed by atoms with Crippen LogP contribution in [-0.4, -0.2) is 50.0 Å². The summed E-state index contributed by atoms with van der Waals surface area (Å²) >= 11 is 0. The highest BCUT2D eigenvalue weighted by molar-refractivity contribution is 7.89. The van der Waals surface area contributed by atoms with Crippen molar-refractivity contribution in [2.45, 2.75) is 25.3 Å². The van der Waals surface area contributed by atoms with E-state index >= 15 is 0 Å². The molecule has 24 heavy (non-hydrogen) atoms. The molecule has 0 aliphatic heterocycles. The molecule has 0 atom stereocenters. The van der Waals surface area contributed by atoms with Gasteiger partial charge in [0.1, 0.15) is 10.6 Å². The first-order valence-corrected chi connectivity index (χ1v) is 8.88. The van der Waals surface area contributed by atoms with E-state index in [9.17, 15) is 8.42 Å². The molecular weight excluding hydrogens is 350 g/mol. The fourth-order valence-electron chi connectivity index (χ4n) is 2.35. The third-order valence-corrected chi connectivity index (χ3v) is 5.65. The number of sulfonamides is 1. The molecule has 1 aromatic heterocycles. The van der Waals surface area contributed by atoms with Gasteiger partial charge in [0, 0.05) is 19.6 Å². The molecule has 0 bridgehead atoms. The van der Waals surface area contributed by atoms with Gasteiger partial charge in [-0.15, -0.1) is 12.4 Å². The SMILES string of the molecule is Cc1noc(C)c1S(=O)(=O)N(CCN(C)C)Cc1ccccc1.Cl. The van der Waals surface area contributed by atoms with Gasteiger partial charge in [0.2, 0.25) is 10.0 Å². The second-order valence-corrected chi connectivity index (χ2v) is 7.66. The van der Waals surface area contributed by atoms with E-state index in [-0.39, 0.29) is 17.3 Å². The van der Waals surface area contributed by atoms with Gasteiger partial charge in [-0.2, -0.15) is 4.31 Å². The van der Waals surface area contributed by atoms with Crippen molar-refractivity contribution in [1.82, 2.24) is 14.4 Å². The first kappa shape index (κ1) is 20.6. The van der Waals surface area contributed by atoms with Gasteiger partial charge in [-0.1, -0.05) is 35.5 Å². The topological polar surface area (TPSA) is 66.7 Å². The van der Waals surface area contributed by atoms with Crippen molar-refractivity contribution in [2.24, 2.45) is 0 Å². The van der Waals surface area contributed by atoms with E-state index in [1.807, 2.05) is 49.3 Å². The van der Waals surface area contributed by atoms with Crippen LogP contribution in [0.1, 0.15) is 17.0 Å². The van der Waals surface area contributed by atoms with Gasteiger partial charge < -0.3 is 9.42 Å². The van der Waals surface area contributed by atoms with Gasteiger partial charge in [0.15, 0.2) is 5.76 Å². The van der Waals surface area contributed by atoms with Gasteiger partial charge in [-0.25, -0.2) is 8.42 Å². The average Bonchev–Trinajstić information content (AvgIpc) is 2.83. The van der Waals surface area contributed by atoms with Gasteiger partial charge in [0.05, 0.1) is 0 Å². The Kier molecular flexibility index (Phi) is 7.41. The zero-order chi connectivity index (χ0) is 17.0. The van der Waals surface area contributed by atoms with Crippen LogP contribution < -0.4 is 0 Å². The van der Waals surface area contributed by atoms with Crippen LogP contribution >= 0.6 is 12.4 Å². The van der Waals surface area contributed by atoms with Crippen LogP contribution in [0.4, 0.5) is 0 Å². The molecular formula is C16H24ClN3O3S. The minimum absolute atomic E-state index is 0. The highest BCUT2D eigenvalue weighted by Crippen LogP contribution is 2.24. The number of likely N-dealkylation sites (N-methyl/N-ethyl adjacent to an activating group) is 1. The lowest BCUT2D eigenvalue weighted by Gasteiger charge is -2.23. The number of hydrogen-bond donors (Lipinski definition) is 0. The van der Waals surface area contributed by atoms with Crippen molar-refractivity contribution in [3.8, 4) is 0 Å². The zero-order valence-corrected chi connectivity index (χ0v) is 16.0. The molecule has 6 nitrogen and oxygen atoms in total. The van der Waals surface area contributed by atoms with E-state index in [2.05, 4.69) is 5.16 Å². The summed E-state index contributed by atoms with van der Waals surface area (Å²) in [4.78, 5) is 2.13. The quantitative estimate of drug-likeness (QED) is 0.745. The van der Waals surface area contributed by atoms with Crippen LogP contribution in [0.2, 0.25) is 0 Å². The molecule has 0 N–H and O–H groups in total. The van der Waals surface area contributed by atoms with Gasteiger partial charge >= 0.3 is 0 Å². The molecule has 1 aromatic carbocycles. The molecule has 0 saturated heterocycles. The van der Waals surface area contributed by atoms with Crippen molar-refractivity contribution >= 4 is 22.4 Å². The van der Waals surface area contributed by atoms with Crippen molar-refractivity contribution in [3.05, 3.63) is 47.3 Å². The molecule has 0 aliphatic carbocycles. The predicted octanol–water partition coefficient (Wildman–Crippen LogP) is 2.47. The van der Waals surface area contributed by atoms with Crippen LogP contribution in [-0.2, 0) is 16.6 Å². The van der Waals surface area contributed by atoms with Crippen LogP contribution in [0.3, 0.4) is 0 Å². The lowest BCUT2D eigenvalue weighted by Crippen LogP contribution is -2.36. The van der Waals surface area contributed by atoms with Crippen molar-refractivity contribution in [3.63, 3.8) is 0 Å². The highest BCUT2D eigenvalue weighted by atomic mass is 35.5. The Morgan fingerprint density at radius 1 is 1.08 bits per heavy atom. The summed E-state index contributed by atoms with van der Waals surface area (Å²) in [6.07, 6.45) is 0. The summed E-state index contributed by atoms with van der Waals surface area (Å²) < 4.78 is 32.6. The number of aromatic nitrogens is 1. The Balaban J connectivity index is 0.00000288. The number of halogens is 1. The summed E-state index contributed by atoms with van der Waals surface area (Å²) in [5.41, 5.74) is 1.34. The van der Waals surface area contributed by atoms with Crippen LogP contribution in [0, 0.1) is 13.8 Å². The Labute approximate surface area is 149 Å². The summed E-state index contributed by atoms with van der Waals surface area (Å²) in [6.45, 7) is 4.63. The summed E-state index contributed by atoms with van der Waals surface area (Å²) in [5.74, 6) is 0.324. The largest absolute Gasteiger partial charge is 0.360 e. The molecule has 8 heteroatoms. The Bertz CT molecular complexity index is 726. The molecule has 0 aliphatic rings. The predicted molar refractivity (Wildman–Crippen MR) is 95.8 cm³/mol. The highest BCUT2D eigenvalue weighted by Gasteiger charge is 2.30. The molecule has 0 spiro atoms. The fraction of sp³-hybridized carbons (Fsp3) is 0.438. The molecule has 0 fully saturated rings. The smallest absolute Gasteiger partial charge is 0.248 e. The third-order valence-electron chi connectivity index (χ3n) is 3.56. The molecule has 2 aromatic rings. The van der Waals surface area contributed by atoms with Gasteiger partial charge in [0.25, 0.3) is 0 Å². The molecule has 0 radical (unpaired) electrons. The van der Waals surface area contributed by atoms with Crippen molar-refractivity contribution in [1.29, 1.82) is 0 Å². The second kappa shape index (κ2) is 8.62. The maximum absolute atomic E-state index is 13.1. The van der Waals surface area contributed by atoms with Crippen molar-refractivity contribution < 1.29 is 12.9 Å². The summed E-state index contributed by atoms with van der Waals surface area (Å²) in [5, 5.41) is 3.78. The van der Waals surface area contributed by atoms with E-state index in [0.29, 0.717) is 31.1 Å². The van der Waals surface area contributed by atoms with Crippen molar-refractivity contribution in [2.75, 3.05) is 27.2 Å². The standard InChI is InChI=1S/C16H23N3O3S.ClH/c1-13-16(14(2)22-17-13)23(20,21)19(11-10-18(3)4)12-15-8-6-5-7-9-15;/h5-9H,10-12H2,1-4H3;1H. The number of benzene rings is 1. The van der Waals surface area contributed by atoms with E-state index in [0.717, 1.165) is 5.56 Å². The molecule has 0 amide bonds. The molecule has 2 rings (SSSR count). The molecule has 1 heterocycles. The van der Waals surface area contributed by atoms with E-state index in [1.54, 1.807) is 13.8 Å². The van der Waals surface area contributed by atoms with Crippen LogP contribution in [0.15, 0.2) is 39.8 Å². The minimum Gasteiger partial charge on any atom is -0.360 e. The van der Waals surface area contributed by atoms with Crippen LogP contribution in [0.5, 0.6) is 0 Å². The van der Waals surface area contributed by atoms with E-state index in [4.69, 9.17) is 4.52 Å². The fourth-order valence-corrected chi connectivity index (χ4v) is 4.07. The zero-order valence-electron chi connectivity index (χ0n) is 14.4. The Morgan fingerprint density at radius 2 is 1.71 bits per heavy atom. The Morgan fingerprint density at radius 3 is 2.21 bits per heavy atom. The first-order valence-electron chi connectivity index (χ1n) is 7.44. The number of nitrogens with zero attached hydrogens (tertiary/aromatic N) is 3. The lowest BCUT2D eigenvalue weighted by molar-refractivity contribution is 0.328. The van der Waals surface area contributed by atoms with E-state index < -0.39 is 10.0 Å². The van der Waals surface area contributed by atoms with E-state index in [1.165, 1.54) is 4.31 Å². The maximum atomic E-state index is 13.1. The monoisotopic (exact) mass is 373 g/mol. The minimum atomic E-state index is -3.66. The summed E-state index contributed by atoms with van der Waals surface area (Å²) in [6, 6.07) is 9.57. The van der Waals surface area contributed by atoms with Gasteiger partial charge in [-0.05, 0) is 33.5 Å². The lowest BCUT2D eigenvalue weighted by atomic mass is 10.2. The number of rotatable bonds is 7. The number of aryl methyl sites for hydroxylation is 2. The normalized spacial score (nSPS) is 11.8. The first-order chi connectivity index (χ1) is 10.8. The van der Waals surface area contributed by atoms with Gasteiger partial charge in [-0.3, -0.25) is 0 Å². The molecule has 0 unspecified atom stereocenters. The second-order valence-electron chi connectivity index (χ2n) is 5.78. The molecule has 0 saturated carbocycles. The van der Waals surface area contributed by atoms with Crippen LogP contribution in [0.25, 0.3) is 0 Å². The summed E-state index contributed by atoms with van der Waals surface area (Å²) in [7, 11) is 0.177.